The topological polar surface area (TPSA) is 105 Å². The number of rotatable bonds is 8. The van der Waals surface area contributed by atoms with Gasteiger partial charge in [0.25, 0.3) is 11.8 Å². The van der Waals surface area contributed by atoms with Crippen molar-refractivity contribution in [3.63, 3.8) is 0 Å². The molecule has 3 rings (SSSR count). The molecule has 1 aromatic carbocycles. The van der Waals surface area contributed by atoms with Gasteiger partial charge in [-0.05, 0) is 25.0 Å². The zero-order valence-electron chi connectivity index (χ0n) is 16.5. The minimum absolute atomic E-state index is 0.111. The molecule has 2 saturated heterocycles. The van der Waals surface area contributed by atoms with Crippen LogP contribution in [0.5, 0.6) is 5.75 Å². The van der Waals surface area contributed by atoms with Gasteiger partial charge in [0.05, 0.1) is 11.8 Å². The Labute approximate surface area is 171 Å². The van der Waals surface area contributed by atoms with Crippen molar-refractivity contribution in [2.45, 2.75) is 24.9 Å². The highest BCUT2D eigenvalue weighted by Gasteiger charge is 2.45. The van der Waals surface area contributed by atoms with E-state index in [9.17, 15) is 18.0 Å². The Morgan fingerprint density at radius 3 is 2.76 bits per heavy atom. The van der Waals surface area contributed by atoms with Crippen molar-refractivity contribution < 1.29 is 27.5 Å². The molecule has 9 nitrogen and oxygen atoms in total. The summed E-state index contributed by atoms with van der Waals surface area (Å²) in [4.78, 5) is 27.0. The highest BCUT2D eigenvalue weighted by Crippen LogP contribution is 2.25. The third-order valence-electron chi connectivity index (χ3n) is 5.09. The second kappa shape index (κ2) is 9.55. The van der Waals surface area contributed by atoms with E-state index >= 15 is 0 Å². The molecular weight excluding hydrogens is 398 g/mol. The minimum Gasteiger partial charge on any atom is -0.484 e. The van der Waals surface area contributed by atoms with Crippen LogP contribution in [0.2, 0.25) is 0 Å². The largest absolute Gasteiger partial charge is 0.484 e. The van der Waals surface area contributed by atoms with Gasteiger partial charge in [-0.1, -0.05) is 18.2 Å². The SMILES string of the molecule is COCCCN1C(=O)[C@@H]2C[C@H](NC(=O)COc3ccccc3)CN2CCS1(=O)=O. The third kappa shape index (κ3) is 5.46. The van der Waals surface area contributed by atoms with Crippen LogP contribution in [0.4, 0.5) is 0 Å². The average molecular weight is 426 g/mol. The predicted octanol–water partition coefficient (Wildman–Crippen LogP) is -0.167. The molecule has 2 aliphatic heterocycles. The maximum atomic E-state index is 12.9. The number of nitrogens with one attached hydrogen (secondary N) is 1. The van der Waals surface area contributed by atoms with Gasteiger partial charge in [-0.2, -0.15) is 0 Å². The van der Waals surface area contributed by atoms with E-state index in [0.717, 1.165) is 4.31 Å². The maximum absolute atomic E-state index is 12.9. The zero-order chi connectivity index (χ0) is 20.9. The Morgan fingerprint density at radius 2 is 2.03 bits per heavy atom. The van der Waals surface area contributed by atoms with Gasteiger partial charge < -0.3 is 14.8 Å². The van der Waals surface area contributed by atoms with Crippen LogP contribution in [0.25, 0.3) is 0 Å². The maximum Gasteiger partial charge on any atom is 0.258 e. The smallest absolute Gasteiger partial charge is 0.258 e. The fourth-order valence-electron chi connectivity index (χ4n) is 3.69. The van der Waals surface area contributed by atoms with Crippen LogP contribution in [-0.4, -0.2) is 87.2 Å². The fourth-order valence-corrected chi connectivity index (χ4v) is 5.18. The van der Waals surface area contributed by atoms with Crippen LogP contribution < -0.4 is 10.1 Å². The lowest BCUT2D eigenvalue weighted by molar-refractivity contribution is -0.130. The van der Waals surface area contributed by atoms with Gasteiger partial charge in [-0.25, -0.2) is 12.7 Å². The lowest BCUT2D eigenvalue weighted by atomic mass is 10.1. The molecule has 0 aromatic heterocycles. The van der Waals surface area contributed by atoms with E-state index in [1.54, 1.807) is 12.1 Å². The molecule has 2 heterocycles. The van der Waals surface area contributed by atoms with Gasteiger partial charge >= 0.3 is 0 Å². The Hall–Kier alpha value is -2.17. The number of carbonyl (C=O) groups excluding carboxylic acids is 2. The molecule has 0 radical (unpaired) electrons. The van der Waals surface area contributed by atoms with Gasteiger partial charge in [-0.3, -0.25) is 14.5 Å². The van der Waals surface area contributed by atoms with Crippen LogP contribution in [0, 0.1) is 0 Å². The molecule has 0 aliphatic carbocycles. The standard InChI is InChI=1S/C19H27N3O6S/c1-27-10-5-8-22-19(24)17-12-15(13-21(17)9-11-29(22,25)26)20-18(23)14-28-16-6-3-2-4-7-16/h2-4,6-7,15,17H,5,8-14H2,1H3,(H,20,23)/t15-,17-/m0/s1. The van der Waals surface area contributed by atoms with E-state index in [0.29, 0.717) is 31.7 Å². The van der Waals surface area contributed by atoms with Gasteiger partial charge in [0, 0.05) is 39.4 Å². The van der Waals surface area contributed by atoms with Gasteiger partial charge in [0.1, 0.15) is 5.75 Å². The van der Waals surface area contributed by atoms with E-state index in [1.807, 2.05) is 23.1 Å². The quantitative estimate of drug-likeness (QED) is 0.577. The molecule has 2 amide bonds. The van der Waals surface area contributed by atoms with Crippen LogP contribution in [0.1, 0.15) is 12.8 Å². The Morgan fingerprint density at radius 1 is 1.28 bits per heavy atom. The number of carbonyl (C=O) groups is 2. The lowest BCUT2D eigenvalue weighted by Gasteiger charge is -2.23. The summed E-state index contributed by atoms with van der Waals surface area (Å²) in [5, 5.41) is 2.89. The summed E-state index contributed by atoms with van der Waals surface area (Å²) < 4.78 is 36.3. The van der Waals surface area contributed by atoms with Crippen molar-refractivity contribution in [1.29, 1.82) is 0 Å². The lowest BCUT2D eigenvalue weighted by Crippen LogP contribution is -2.44. The van der Waals surface area contributed by atoms with Gasteiger partial charge in [0.2, 0.25) is 10.0 Å². The Balaban J connectivity index is 1.56. The number of fused-ring (bicyclic) bond motifs is 1. The molecule has 0 saturated carbocycles. The minimum atomic E-state index is -3.63. The number of sulfonamides is 1. The third-order valence-corrected chi connectivity index (χ3v) is 6.83. The van der Waals surface area contributed by atoms with Crippen LogP contribution in [-0.2, 0) is 24.3 Å². The Kier molecular flexibility index (Phi) is 7.09. The first-order chi connectivity index (χ1) is 13.9. The summed E-state index contributed by atoms with van der Waals surface area (Å²) in [7, 11) is -2.10. The number of methoxy groups -OCH3 is 1. The molecule has 10 heteroatoms. The molecule has 0 bridgehead atoms. The second-order valence-electron chi connectivity index (χ2n) is 7.19. The number of hydrogen-bond acceptors (Lipinski definition) is 7. The number of hydrogen-bond donors (Lipinski definition) is 1. The molecule has 29 heavy (non-hydrogen) atoms. The molecule has 1 N–H and O–H groups in total. The number of para-hydroxylation sites is 1. The summed E-state index contributed by atoms with van der Waals surface area (Å²) in [6.45, 7) is 1.09. The molecule has 0 spiro atoms. The normalized spacial score (nSPS) is 24.0. The van der Waals surface area contributed by atoms with E-state index < -0.39 is 22.0 Å². The second-order valence-corrected chi connectivity index (χ2v) is 9.20. The monoisotopic (exact) mass is 425 g/mol. The van der Waals surface area contributed by atoms with E-state index in [-0.39, 0.29) is 37.4 Å². The molecule has 2 aliphatic rings. The summed E-state index contributed by atoms with van der Waals surface area (Å²) >= 11 is 0. The van der Waals surface area contributed by atoms with Gasteiger partial charge in [0.15, 0.2) is 6.61 Å². The van der Waals surface area contributed by atoms with Crippen LogP contribution in [0.3, 0.4) is 0 Å². The molecule has 1 aromatic rings. The molecule has 2 fully saturated rings. The van der Waals surface area contributed by atoms with E-state index in [4.69, 9.17) is 9.47 Å². The first-order valence-corrected chi connectivity index (χ1v) is 11.3. The molecule has 2 atom stereocenters. The number of amides is 2. The molecular formula is C19H27N3O6S. The van der Waals surface area contributed by atoms with E-state index in [2.05, 4.69) is 5.32 Å². The number of benzene rings is 1. The van der Waals surface area contributed by atoms with E-state index in [1.165, 1.54) is 7.11 Å². The zero-order valence-corrected chi connectivity index (χ0v) is 17.3. The first-order valence-electron chi connectivity index (χ1n) is 9.65. The van der Waals surface area contributed by atoms with Crippen molar-refractivity contribution in [2.24, 2.45) is 0 Å². The summed E-state index contributed by atoms with van der Waals surface area (Å²) in [6, 6.07) is 8.27. The molecule has 0 unspecified atom stereocenters. The number of ether oxygens (including phenoxy) is 2. The average Bonchev–Trinajstić information content (AvgIpc) is 3.08. The predicted molar refractivity (Wildman–Crippen MR) is 106 cm³/mol. The van der Waals surface area contributed by atoms with Crippen LogP contribution >= 0.6 is 0 Å². The van der Waals surface area contributed by atoms with Gasteiger partial charge in [-0.15, -0.1) is 0 Å². The highest BCUT2D eigenvalue weighted by atomic mass is 32.2. The van der Waals surface area contributed by atoms with Crippen molar-refractivity contribution >= 4 is 21.8 Å². The Bertz CT molecular complexity index is 816. The fraction of sp³-hybridized carbons (Fsp3) is 0.579. The summed E-state index contributed by atoms with van der Waals surface area (Å²) in [5.41, 5.74) is 0. The summed E-state index contributed by atoms with van der Waals surface area (Å²) in [5.74, 6) is -0.195. The van der Waals surface area contributed by atoms with Crippen LogP contribution in [0.15, 0.2) is 30.3 Å². The first kappa shape index (κ1) is 21.5. The van der Waals surface area contributed by atoms with Crippen molar-refractivity contribution in [2.75, 3.05) is 45.7 Å². The van der Waals surface area contributed by atoms with Crippen molar-refractivity contribution in [3.05, 3.63) is 30.3 Å². The number of nitrogens with zero attached hydrogens (tertiary/aromatic N) is 2. The summed E-state index contributed by atoms with van der Waals surface area (Å²) in [6.07, 6.45) is 0.831. The highest BCUT2D eigenvalue weighted by molar-refractivity contribution is 7.89. The van der Waals surface area contributed by atoms with Crippen molar-refractivity contribution in [3.8, 4) is 5.75 Å². The van der Waals surface area contributed by atoms with Crippen molar-refractivity contribution in [1.82, 2.24) is 14.5 Å². The molecule has 160 valence electrons.